The first kappa shape index (κ1) is 21.2. The molecular weight excluding hydrogens is 416 g/mol. The van der Waals surface area contributed by atoms with Crippen LogP contribution in [0.15, 0.2) is 54.7 Å². The van der Waals surface area contributed by atoms with Gasteiger partial charge in [0.2, 0.25) is 11.8 Å². The van der Waals surface area contributed by atoms with Crippen molar-refractivity contribution in [3.8, 4) is 5.75 Å². The number of amides is 2. The third-order valence-electron chi connectivity index (χ3n) is 6.76. The van der Waals surface area contributed by atoms with Crippen LogP contribution in [0.1, 0.15) is 53.5 Å². The van der Waals surface area contributed by atoms with Gasteiger partial charge in [-0.2, -0.15) is 5.10 Å². The van der Waals surface area contributed by atoms with Crippen LogP contribution in [0.25, 0.3) is 0 Å². The number of benzene rings is 2. The molecule has 0 saturated carbocycles. The van der Waals surface area contributed by atoms with Crippen LogP contribution in [0.2, 0.25) is 0 Å². The average Bonchev–Trinajstić information content (AvgIpc) is 3.43. The first-order valence-electron chi connectivity index (χ1n) is 11.4. The summed E-state index contributed by atoms with van der Waals surface area (Å²) in [6.45, 7) is 1.36. The third kappa shape index (κ3) is 4.35. The molecule has 3 heterocycles. The van der Waals surface area contributed by atoms with Crippen LogP contribution in [0.3, 0.4) is 0 Å². The van der Waals surface area contributed by atoms with E-state index in [0.717, 1.165) is 42.8 Å². The van der Waals surface area contributed by atoms with E-state index in [9.17, 15) is 9.59 Å². The highest BCUT2D eigenvalue weighted by Gasteiger charge is 2.35. The Morgan fingerprint density at radius 3 is 2.88 bits per heavy atom. The second-order valence-corrected chi connectivity index (χ2v) is 8.85. The molecule has 2 unspecified atom stereocenters. The minimum atomic E-state index is -0.483. The molecule has 0 spiro atoms. The molecule has 33 heavy (non-hydrogen) atoms. The highest BCUT2D eigenvalue weighted by molar-refractivity contribution is 6.05. The third-order valence-corrected chi connectivity index (χ3v) is 6.76. The van der Waals surface area contributed by atoms with Crippen molar-refractivity contribution < 1.29 is 14.3 Å². The van der Waals surface area contributed by atoms with E-state index >= 15 is 0 Å². The molecule has 7 heteroatoms. The van der Waals surface area contributed by atoms with Gasteiger partial charge >= 0.3 is 0 Å². The molecule has 0 radical (unpaired) electrons. The zero-order valence-corrected chi connectivity index (χ0v) is 18.7. The molecular formula is C26H28N4O3. The molecule has 0 bridgehead atoms. The van der Waals surface area contributed by atoms with E-state index in [4.69, 9.17) is 4.74 Å². The maximum atomic E-state index is 13.2. The number of methoxy groups -OCH3 is 1. The summed E-state index contributed by atoms with van der Waals surface area (Å²) in [6, 6.07) is 15.8. The van der Waals surface area contributed by atoms with Crippen LogP contribution in [0, 0.1) is 0 Å². The van der Waals surface area contributed by atoms with Crippen molar-refractivity contribution in [1.82, 2.24) is 15.1 Å². The van der Waals surface area contributed by atoms with Gasteiger partial charge in [0.15, 0.2) is 0 Å². The smallest absolute Gasteiger partial charge is 0.232 e. The van der Waals surface area contributed by atoms with Crippen molar-refractivity contribution in [3.63, 3.8) is 0 Å². The summed E-state index contributed by atoms with van der Waals surface area (Å²) in [5, 5.41) is 10.4. The lowest BCUT2D eigenvalue weighted by atomic mass is 9.90. The normalized spacial score (nSPS) is 19.8. The number of hydrogen-bond donors (Lipinski definition) is 2. The van der Waals surface area contributed by atoms with Gasteiger partial charge in [-0.25, -0.2) is 0 Å². The quantitative estimate of drug-likeness (QED) is 0.605. The van der Waals surface area contributed by atoms with Gasteiger partial charge in [-0.15, -0.1) is 0 Å². The van der Waals surface area contributed by atoms with E-state index in [0.29, 0.717) is 12.3 Å². The Hall–Kier alpha value is -3.61. The van der Waals surface area contributed by atoms with Crippen LogP contribution in [0.4, 0.5) is 5.69 Å². The lowest BCUT2D eigenvalue weighted by Crippen LogP contribution is -2.40. The lowest BCUT2D eigenvalue weighted by molar-refractivity contribution is -0.134. The Kier molecular flexibility index (Phi) is 5.86. The number of piperidine rings is 1. The molecule has 1 aromatic heterocycles. The van der Waals surface area contributed by atoms with E-state index in [2.05, 4.69) is 27.6 Å². The maximum absolute atomic E-state index is 13.2. The zero-order chi connectivity index (χ0) is 22.8. The topological polar surface area (TPSA) is 87.3 Å². The molecule has 7 nitrogen and oxygen atoms in total. The van der Waals surface area contributed by atoms with Gasteiger partial charge in [-0.05, 0) is 47.7 Å². The molecule has 170 valence electrons. The summed E-state index contributed by atoms with van der Waals surface area (Å²) in [6.07, 6.45) is 4.83. The standard InChI is InChI=1S/C26H28N4O3/c1-33-20-9-10-23-21(13-20)22(26(32)28-23)14-24(31)30-11-5-8-18(16-30)25-19(15-27-29-25)12-17-6-3-2-4-7-17/h2-4,6-7,9-10,13,15,18,22H,5,8,11-12,14,16H2,1H3,(H,27,29)(H,28,32). The summed E-state index contributed by atoms with van der Waals surface area (Å²) in [4.78, 5) is 27.7. The summed E-state index contributed by atoms with van der Waals surface area (Å²) in [5.74, 6) is 0.307. The first-order chi connectivity index (χ1) is 16.1. The number of rotatable bonds is 6. The number of fused-ring (bicyclic) bond motifs is 1. The fraction of sp³-hybridized carbons (Fsp3) is 0.346. The Labute approximate surface area is 193 Å². The Morgan fingerprint density at radius 1 is 1.21 bits per heavy atom. The maximum Gasteiger partial charge on any atom is 0.232 e. The molecule has 3 aromatic rings. The van der Waals surface area contributed by atoms with Gasteiger partial charge in [0.05, 0.1) is 19.2 Å². The van der Waals surface area contributed by atoms with Crippen molar-refractivity contribution in [2.75, 3.05) is 25.5 Å². The fourth-order valence-corrected chi connectivity index (χ4v) is 5.01. The highest BCUT2D eigenvalue weighted by atomic mass is 16.5. The Morgan fingerprint density at radius 2 is 2.06 bits per heavy atom. The molecule has 1 saturated heterocycles. The fourth-order valence-electron chi connectivity index (χ4n) is 5.01. The molecule has 2 aliphatic heterocycles. The molecule has 5 rings (SSSR count). The second-order valence-electron chi connectivity index (χ2n) is 8.85. The van der Waals surface area contributed by atoms with Crippen molar-refractivity contribution in [2.45, 2.75) is 37.5 Å². The van der Waals surface area contributed by atoms with Crippen LogP contribution < -0.4 is 10.1 Å². The van der Waals surface area contributed by atoms with E-state index in [1.54, 1.807) is 7.11 Å². The van der Waals surface area contributed by atoms with E-state index in [-0.39, 0.29) is 24.2 Å². The number of carbonyl (C=O) groups is 2. The largest absolute Gasteiger partial charge is 0.497 e. The van der Waals surface area contributed by atoms with Crippen molar-refractivity contribution in [2.24, 2.45) is 0 Å². The minimum absolute atomic E-state index is 0.0136. The van der Waals surface area contributed by atoms with Gasteiger partial charge in [0, 0.05) is 43.2 Å². The number of carbonyl (C=O) groups excluding carboxylic acids is 2. The number of nitrogens with zero attached hydrogens (tertiary/aromatic N) is 2. The summed E-state index contributed by atoms with van der Waals surface area (Å²) >= 11 is 0. The molecule has 2 aromatic carbocycles. The van der Waals surface area contributed by atoms with Gasteiger partial charge in [0.1, 0.15) is 5.75 Å². The number of aromatic amines is 1. The lowest BCUT2D eigenvalue weighted by Gasteiger charge is -2.33. The number of nitrogens with one attached hydrogen (secondary N) is 2. The predicted molar refractivity (Wildman–Crippen MR) is 125 cm³/mol. The molecule has 2 amide bonds. The Balaban J connectivity index is 1.28. The molecule has 2 aliphatic rings. The van der Waals surface area contributed by atoms with Crippen LogP contribution in [0.5, 0.6) is 5.75 Å². The van der Waals surface area contributed by atoms with Crippen LogP contribution in [-0.2, 0) is 16.0 Å². The van der Waals surface area contributed by atoms with E-state index < -0.39 is 5.92 Å². The summed E-state index contributed by atoms with van der Waals surface area (Å²) in [5.41, 5.74) is 5.13. The highest BCUT2D eigenvalue weighted by Crippen LogP contribution is 2.38. The van der Waals surface area contributed by atoms with Gasteiger partial charge < -0.3 is 15.0 Å². The van der Waals surface area contributed by atoms with Gasteiger partial charge in [0.25, 0.3) is 0 Å². The number of aromatic nitrogens is 2. The van der Waals surface area contributed by atoms with Gasteiger partial charge in [-0.3, -0.25) is 14.7 Å². The first-order valence-corrected chi connectivity index (χ1v) is 11.4. The Bertz CT molecular complexity index is 1160. The second kappa shape index (κ2) is 9.10. The van der Waals surface area contributed by atoms with Crippen molar-refractivity contribution >= 4 is 17.5 Å². The van der Waals surface area contributed by atoms with E-state index in [1.807, 2.05) is 47.5 Å². The SMILES string of the molecule is COc1ccc2c(c1)C(CC(=O)N1CCCC(c3[nH]ncc3Cc3ccccc3)C1)C(=O)N2. The van der Waals surface area contributed by atoms with Crippen molar-refractivity contribution in [1.29, 1.82) is 0 Å². The molecule has 0 aliphatic carbocycles. The summed E-state index contributed by atoms with van der Waals surface area (Å²) in [7, 11) is 1.60. The molecule has 1 fully saturated rings. The van der Waals surface area contributed by atoms with Crippen molar-refractivity contribution in [3.05, 3.63) is 77.1 Å². The van der Waals surface area contributed by atoms with Crippen LogP contribution >= 0.6 is 0 Å². The average molecular weight is 445 g/mol. The predicted octanol–water partition coefficient (Wildman–Crippen LogP) is 3.84. The summed E-state index contributed by atoms with van der Waals surface area (Å²) < 4.78 is 5.31. The van der Waals surface area contributed by atoms with E-state index in [1.165, 1.54) is 11.1 Å². The zero-order valence-electron chi connectivity index (χ0n) is 18.7. The number of ether oxygens (including phenoxy) is 1. The molecule has 2 N–H and O–H groups in total. The van der Waals surface area contributed by atoms with Crippen LogP contribution in [-0.4, -0.2) is 47.1 Å². The number of likely N-dealkylation sites (tertiary alicyclic amines) is 1. The van der Waals surface area contributed by atoms with Gasteiger partial charge in [-0.1, -0.05) is 30.3 Å². The monoisotopic (exact) mass is 444 g/mol. The number of anilines is 1. The number of hydrogen-bond acceptors (Lipinski definition) is 4. The molecule has 2 atom stereocenters. The minimum Gasteiger partial charge on any atom is -0.497 e. The number of H-pyrrole nitrogens is 1.